The Bertz CT molecular complexity index is 1420. The van der Waals surface area contributed by atoms with Gasteiger partial charge in [-0.15, -0.1) is 0 Å². The van der Waals surface area contributed by atoms with Gasteiger partial charge in [-0.2, -0.15) is 0 Å². The first-order chi connectivity index (χ1) is 19.1. The van der Waals surface area contributed by atoms with Gasteiger partial charge in [0.05, 0.1) is 15.5 Å². The Morgan fingerprint density at radius 1 is 0.925 bits per heavy atom. The number of sulfonamides is 1. The minimum atomic E-state index is -4.31. The number of carbonyl (C=O) groups excluding carboxylic acids is 2. The molecule has 0 aliphatic rings. The minimum absolute atomic E-state index is 0.0387. The van der Waals surface area contributed by atoms with E-state index in [0.29, 0.717) is 12.8 Å². The molecule has 0 radical (unpaired) electrons. The summed E-state index contributed by atoms with van der Waals surface area (Å²) in [5.74, 6) is -0.963. The summed E-state index contributed by atoms with van der Waals surface area (Å²) in [6, 6.07) is 20.8. The Balaban J connectivity index is 2.08. The van der Waals surface area contributed by atoms with E-state index in [2.05, 4.69) is 5.32 Å². The van der Waals surface area contributed by atoms with Crippen molar-refractivity contribution in [3.8, 4) is 0 Å². The van der Waals surface area contributed by atoms with Crippen molar-refractivity contribution in [2.24, 2.45) is 0 Å². The van der Waals surface area contributed by atoms with Gasteiger partial charge in [-0.1, -0.05) is 68.4 Å². The van der Waals surface area contributed by atoms with Crippen molar-refractivity contribution in [3.05, 3.63) is 101 Å². The first-order valence-electron chi connectivity index (χ1n) is 13.0. The van der Waals surface area contributed by atoms with Crippen LogP contribution in [-0.4, -0.2) is 48.7 Å². The molecule has 3 aromatic rings. The number of benzene rings is 3. The molecule has 3 rings (SSSR count). The van der Waals surface area contributed by atoms with Gasteiger partial charge in [0.15, 0.2) is 0 Å². The second-order valence-electron chi connectivity index (χ2n) is 9.35. The van der Waals surface area contributed by atoms with Crippen molar-refractivity contribution in [3.63, 3.8) is 0 Å². The lowest BCUT2D eigenvalue weighted by Gasteiger charge is -2.33. The predicted octanol–water partition coefficient (Wildman–Crippen LogP) is 4.51. The fourth-order valence-electron chi connectivity index (χ4n) is 4.15. The van der Waals surface area contributed by atoms with Crippen molar-refractivity contribution >= 4 is 33.2 Å². The number of hydrogen-bond donors (Lipinski definition) is 1. The van der Waals surface area contributed by atoms with Crippen molar-refractivity contribution in [2.45, 2.75) is 57.1 Å². The zero-order chi connectivity index (χ0) is 29.3. The molecule has 0 saturated carbocycles. The molecule has 10 nitrogen and oxygen atoms in total. The van der Waals surface area contributed by atoms with Crippen LogP contribution in [0.3, 0.4) is 0 Å². The fourth-order valence-corrected chi connectivity index (χ4v) is 5.58. The monoisotopic (exact) mass is 566 g/mol. The van der Waals surface area contributed by atoms with E-state index >= 15 is 0 Å². The van der Waals surface area contributed by atoms with Gasteiger partial charge in [-0.05, 0) is 43.5 Å². The molecule has 0 fully saturated rings. The summed E-state index contributed by atoms with van der Waals surface area (Å²) in [7, 11) is -4.31. The molecule has 2 unspecified atom stereocenters. The van der Waals surface area contributed by atoms with E-state index in [4.69, 9.17) is 0 Å². The number of nitro benzene ring substituents is 1. The van der Waals surface area contributed by atoms with Crippen molar-refractivity contribution in [1.29, 1.82) is 0 Å². The largest absolute Gasteiger partial charge is 0.352 e. The second kappa shape index (κ2) is 13.7. The fraction of sp³-hybridized carbons (Fsp3) is 0.310. The van der Waals surface area contributed by atoms with Crippen LogP contribution in [0.2, 0.25) is 0 Å². The zero-order valence-corrected chi connectivity index (χ0v) is 23.6. The number of nitro groups is 1. The van der Waals surface area contributed by atoms with Crippen LogP contribution in [0.5, 0.6) is 0 Å². The SMILES string of the molecule is CCC(C)NC(=O)C(CC)N(Cc1ccccc1)C(=O)CN(c1cccc([N+](=O)[O-])c1)S(=O)(=O)c1ccccc1. The molecule has 40 heavy (non-hydrogen) atoms. The second-order valence-corrected chi connectivity index (χ2v) is 11.2. The Kier molecular flexibility index (Phi) is 10.4. The van der Waals surface area contributed by atoms with Crippen molar-refractivity contribution < 1.29 is 22.9 Å². The van der Waals surface area contributed by atoms with E-state index in [9.17, 15) is 28.1 Å². The molecular formula is C29H34N4O6S. The van der Waals surface area contributed by atoms with Gasteiger partial charge in [-0.25, -0.2) is 8.42 Å². The topological polar surface area (TPSA) is 130 Å². The van der Waals surface area contributed by atoms with Crippen molar-refractivity contribution in [1.82, 2.24) is 10.2 Å². The summed E-state index contributed by atoms with van der Waals surface area (Å²) in [6.45, 7) is 4.98. The maximum atomic E-state index is 14.0. The van der Waals surface area contributed by atoms with Gasteiger partial charge in [0.25, 0.3) is 15.7 Å². The standard InChI is InChI=1S/C29H34N4O6S/c1-4-22(3)30-29(35)27(5-2)31(20-23-13-8-6-9-14-23)28(34)21-32(24-15-12-16-25(19-24)33(36)37)40(38,39)26-17-10-7-11-18-26/h6-19,22,27H,4-5,20-21H2,1-3H3,(H,30,35). The maximum absolute atomic E-state index is 14.0. The Morgan fingerprint density at radius 3 is 2.12 bits per heavy atom. The van der Waals surface area contributed by atoms with E-state index in [0.717, 1.165) is 15.9 Å². The van der Waals surface area contributed by atoms with Gasteiger partial charge < -0.3 is 10.2 Å². The average Bonchev–Trinajstić information content (AvgIpc) is 2.96. The van der Waals surface area contributed by atoms with Crippen LogP contribution in [0.25, 0.3) is 0 Å². The van der Waals surface area contributed by atoms with Crippen LogP contribution in [0, 0.1) is 10.1 Å². The highest BCUT2D eigenvalue weighted by Crippen LogP contribution is 2.27. The zero-order valence-electron chi connectivity index (χ0n) is 22.8. The summed E-state index contributed by atoms with van der Waals surface area (Å²) in [5.41, 5.74) is 0.403. The maximum Gasteiger partial charge on any atom is 0.271 e. The molecule has 0 bridgehead atoms. The highest BCUT2D eigenvalue weighted by Gasteiger charge is 2.34. The van der Waals surface area contributed by atoms with Crippen LogP contribution >= 0.6 is 0 Å². The molecule has 0 aliphatic heterocycles. The highest BCUT2D eigenvalue weighted by atomic mass is 32.2. The summed E-state index contributed by atoms with van der Waals surface area (Å²) in [6.07, 6.45) is 0.994. The predicted molar refractivity (Wildman–Crippen MR) is 153 cm³/mol. The van der Waals surface area contributed by atoms with Crippen LogP contribution < -0.4 is 9.62 Å². The molecule has 2 atom stereocenters. The normalized spacial score (nSPS) is 12.7. The van der Waals surface area contributed by atoms with Crippen molar-refractivity contribution in [2.75, 3.05) is 10.8 Å². The summed E-state index contributed by atoms with van der Waals surface area (Å²) in [4.78, 5) is 39.4. The minimum Gasteiger partial charge on any atom is -0.352 e. The molecule has 0 aliphatic carbocycles. The smallest absolute Gasteiger partial charge is 0.271 e. The first kappa shape index (κ1) is 30.3. The van der Waals surface area contributed by atoms with Gasteiger partial charge in [0, 0.05) is 24.7 Å². The average molecular weight is 567 g/mol. The Morgan fingerprint density at radius 2 is 1.55 bits per heavy atom. The molecule has 212 valence electrons. The van der Waals surface area contributed by atoms with Gasteiger partial charge in [-0.3, -0.25) is 24.0 Å². The quantitative estimate of drug-likeness (QED) is 0.239. The van der Waals surface area contributed by atoms with Crippen LogP contribution in [0.1, 0.15) is 39.2 Å². The van der Waals surface area contributed by atoms with Crippen LogP contribution in [0.4, 0.5) is 11.4 Å². The highest BCUT2D eigenvalue weighted by molar-refractivity contribution is 7.92. The number of carbonyl (C=O) groups is 2. The van der Waals surface area contributed by atoms with Gasteiger partial charge >= 0.3 is 0 Å². The third-order valence-corrected chi connectivity index (χ3v) is 8.31. The number of non-ortho nitro benzene ring substituents is 1. The molecule has 0 spiro atoms. The Hall–Kier alpha value is -4.25. The molecule has 2 amide bonds. The lowest BCUT2D eigenvalue weighted by molar-refractivity contribution is -0.384. The number of rotatable bonds is 13. The number of hydrogen-bond acceptors (Lipinski definition) is 6. The summed E-state index contributed by atoms with van der Waals surface area (Å²) >= 11 is 0. The molecule has 11 heteroatoms. The van der Waals surface area contributed by atoms with E-state index < -0.39 is 33.4 Å². The van der Waals surface area contributed by atoms with Gasteiger partial charge in [0.1, 0.15) is 12.6 Å². The molecule has 3 aromatic carbocycles. The number of nitrogens with zero attached hydrogens (tertiary/aromatic N) is 3. The summed E-state index contributed by atoms with van der Waals surface area (Å²) < 4.78 is 28.4. The molecule has 1 N–H and O–H groups in total. The third kappa shape index (κ3) is 7.44. The number of nitrogens with one attached hydrogen (secondary N) is 1. The Labute approximate surface area is 234 Å². The molecular weight excluding hydrogens is 532 g/mol. The van der Waals surface area contributed by atoms with E-state index in [1.54, 1.807) is 25.1 Å². The van der Waals surface area contributed by atoms with E-state index in [-0.39, 0.29) is 34.8 Å². The first-order valence-corrected chi connectivity index (χ1v) is 14.5. The van der Waals surface area contributed by atoms with E-state index in [1.165, 1.54) is 35.2 Å². The summed E-state index contributed by atoms with van der Waals surface area (Å²) in [5, 5.41) is 14.4. The lowest BCUT2D eigenvalue weighted by Crippen LogP contribution is -2.53. The van der Waals surface area contributed by atoms with Crippen LogP contribution in [-0.2, 0) is 26.2 Å². The van der Waals surface area contributed by atoms with E-state index in [1.807, 2.05) is 44.2 Å². The van der Waals surface area contributed by atoms with Crippen LogP contribution in [0.15, 0.2) is 89.8 Å². The molecule has 0 saturated heterocycles. The lowest BCUT2D eigenvalue weighted by atomic mass is 10.1. The number of anilines is 1. The molecule has 0 aromatic heterocycles. The third-order valence-electron chi connectivity index (χ3n) is 6.52. The van der Waals surface area contributed by atoms with Gasteiger partial charge in [0.2, 0.25) is 11.8 Å². The molecule has 0 heterocycles. The number of amides is 2.